The molecule has 11 nitrogen and oxygen atoms in total. The Morgan fingerprint density at radius 1 is 1.03 bits per heavy atom. The number of imidazole rings is 1. The van der Waals surface area contributed by atoms with Gasteiger partial charge in [0, 0.05) is 41.9 Å². The van der Waals surface area contributed by atoms with Gasteiger partial charge in [0.2, 0.25) is 15.9 Å². The van der Waals surface area contributed by atoms with Gasteiger partial charge < -0.3 is 15.2 Å². The van der Waals surface area contributed by atoms with E-state index in [1.165, 1.54) is 23.5 Å². The molecule has 2 amide bonds. The first-order valence-corrected chi connectivity index (χ1v) is 13.6. The van der Waals surface area contributed by atoms with Crippen molar-refractivity contribution in [3.05, 3.63) is 70.9 Å². The Hall–Kier alpha value is -3.90. The number of likely N-dealkylation sites (N-methyl/N-ethyl adjacent to an activating group) is 1. The van der Waals surface area contributed by atoms with Crippen molar-refractivity contribution in [3.63, 3.8) is 0 Å². The van der Waals surface area contributed by atoms with Gasteiger partial charge in [-0.3, -0.25) is 9.59 Å². The maximum Gasteiger partial charge on any atom is 0.273 e. The van der Waals surface area contributed by atoms with E-state index in [9.17, 15) is 22.9 Å². The fraction of sp³-hybridized carbons (Fsp3) is 0.346. The number of carbonyl (C=O) groups excluding carboxylic acids is 2. The standard InChI is InChI=1S/C26H30N6O5S/c1-26(2,3)22(25(34)27-4)29-24(33)21-19-16-31(38(36,37)20-13-9-8-12-18(20)30-35)14-15-32(19)23(28-21)17-10-6-5-7-11-17/h5-13,22H,14-16H2,1-4H3,(H,27,34)(H,29,33)/p+1/t22-/m1/s1. The van der Waals surface area contributed by atoms with E-state index in [0.29, 0.717) is 11.5 Å². The van der Waals surface area contributed by atoms with E-state index in [-0.39, 0.29) is 41.8 Å². The van der Waals surface area contributed by atoms with Gasteiger partial charge in [-0.25, -0.2) is 13.4 Å². The van der Waals surface area contributed by atoms with Crippen LogP contribution in [0, 0.1) is 10.3 Å². The highest BCUT2D eigenvalue weighted by molar-refractivity contribution is 7.89. The number of amides is 2. The Kier molecular flexibility index (Phi) is 7.47. The van der Waals surface area contributed by atoms with Crippen molar-refractivity contribution >= 4 is 27.5 Å². The maximum absolute atomic E-state index is 13.6. The van der Waals surface area contributed by atoms with Crippen LogP contribution in [0.1, 0.15) is 37.0 Å². The third-order valence-electron chi connectivity index (χ3n) is 6.48. The summed E-state index contributed by atoms with van der Waals surface area (Å²) in [5.74, 6) is -0.412. The molecule has 1 aliphatic heterocycles. The molecule has 0 fully saturated rings. The van der Waals surface area contributed by atoms with Gasteiger partial charge in [0.05, 0.1) is 12.2 Å². The third kappa shape index (κ3) is 5.09. The van der Waals surface area contributed by atoms with E-state index >= 15 is 0 Å². The quantitative estimate of drug-likeness (QED) is 0.411. The first-order chi connectivity index (χ1) is 18.0. The molecule has 0 aliphatic carbocycles. The molecule has 0 spiro atoms. The number of benzene rings is 2. The summed E-state index contributed by atoms with van der Waals surface area (Å²) in [6, 6.07) is 14.3. The van der Waals surface area contributed by atoms with Gasteiger partial charge in [0.15, 0.2) is 10.6 Å². The Morgan fingerprint density at radius 3 is 2.32 bits per heavy atom. The first kappa shape index (κ1) is 27.1. The van der Waals surface area contributed by atoms with Gasteiger partial charge in [0.1, 0.15) is 11.9 Å². The van der Waals surface area contributed by atoms with Gasteiger partial charge >= 0.3 is 0 Å². The van der Waals surface area contributed by atoms with E-state index in [0.717, 1.165) is 5.56 Å². The Balaban J connectivity index is 1.78. The van der Waals surface area contributed by atoms with E-state index in [1.807, 2.05) is 55.7 Å². The van der Waals surface area contributed by atoms with E-state index in [4.69, 9.17) is 0 Å². The summed E-state index contributed by atoms with van der Waals surface area (Å²) in [6.07, 6.45) is 0. The molecular formula is C26H31N6O5S+. The number of nitrogens with zero attached hydrogens (tertiary/aromatic N) is 3. The van der Waals surface area contributed by atoms with Crippen LogP contribution in [0.4, 0.5) is 5.69 Å². The zero-order chi connectivity index (χ0) is 27.7. The number of hydrogen-bond donors (Lipinski definition) is 3. The molecule has 3 N–H and O–H groups in total. The van der Waals surface area contributed by atoms with Crippen LogP contribution in [-0.2, 0) is 27.9 Å². The normalized spacial score (nSPS) is 14.8. The fourth-order valence-electron chi connectivity index (χ4n) is 4.47. The number of nitroso groups, excluding NO2 is 1. The minimum Gasteiger partial charge on any atom is -0.357 e. The molecule has 1 aliphatic rings. The van der Waals surface area contributed by atoms with Gasteiger partial charge in [-0.15, -0.1) is 0 Å². The predicted molar refractivity (Wildman–Crippen MR) is 140 cm³/mol. The van der Waals surface area contributed by atoms with Crippen molar-refractivity contribution in [2.45, 2.75) is 44.8 Å². The number of fused-ring (bicyclic) bond motifs is 1. The molecule has 12 heteroatoms. The minimum absolute atomic E-state index is 0.0390. The van der Waals surface area contributed by atoms with Crippen LogP contribution in [0.5, 0.6) is 0 Å². The molecular weight excluding hydrogens is 508 g/mol. The van der Waals surface area contributed by atoms with E-state index in [1.54, 1.807) is 17.3 Å². The predicted octanol–water partition coefficient (Wildman–Crippen LogP) is 1.12. The van der Waals surface area contributed by atoms with Crippen molar-refractivity contribution in [1.29, 1.82) is 0 Å². The maximum atomic E-state index is 13.6. The topological polar surface area (TPSA) is 144 Å². The van der Waals surface area contributed by atoms with E-state index < -0.39 is 27.4 Å². The van der Waals surface area contributed by atoms with Crippen LogP contribution in [-0.4, -0.2) is 53.7 Å². The third-order valence-corrected chi connectivity index (χ3v) is 8.39. The largest absolute Gasteiger partial charge is 0.357 e. The average molecular weight is 540 g/mol. The molecule has 200 valence electrons. The van der Waals surface area contributed by atoms with Crippen molar-refractivity contribution in [2.75, 3.05) is 13.6 Å². The summed E-state index contributed by atoms with van der Waals surface area (Å²) in [4.78, 5) is 42.1. The highest BCUT2D eigenvalue weighted by Gasteiger charge is 2.38. The molecule has 38 heavy (non-hydrogen) atoms. The Bertz CT molecular complexity index is 1480. The summed E-state index contributed by atoms with van der Waals surface area (Å²) in [7, 11) is -2.58. The molecule has 0 bridgehead atoms. The van der Waals surface area contributed by atoms with Gasteiger partial charge in [-0.2, -0.15) is 4.31 Å². The number of para-hydroxylation sites is 1. The molecule has 4 rings (SSSR count). The summed E-state index contributed by atoms with van der Waals surface area (Å²) in [5, 5.41) is 7.07. The summed E-state index contributed by atoms with van der Waals surface area (Å²) in [5.41, 5.74) is 0.546. The van der Waals surface area contributed by atoms with Crippen molar-refractivity contribution in [2.24, 2.45) is 5.41 Å². The lowest BCUT2D eigenvalue weighted by Crippen LogP contribution is -2.57. The second-order valence-electron chi connectivity index (χ2n) is 10.1. The van der Waals surface area contributed by atoms with Crippen LogP contribution in [0.25, 0.3) is 11.4 Å². The number of hydrogen-bond acceptors (Lipinski definition) is 6. The lowest BCUT2D eigenvalue weighted by Gasteiger charge is -2.30. The second-order valence-corrected chi connectivity index (χ2v) is 12.0. The van der Waals surface area contributed by atoms with Crippen LogP contribution < -0.4 is 15.8 Å². The first-order valence-electron chi connectivity index (χ1n) is 12.1. The minimum atomic E-state index is -4.08. The van der Waals surface area contributed by atoms with Crippen molar-refractivity contribution in [1.82, 2.24) is 24.5 Å². The number of nitrogens with one attached hydrogen (secondary N) is 3. The molecule has 0 saturated heterocycles. The molecule has 0 unspecified atom stereocenters. The number of aromatic nitrogens is 2. The summed E-state index contributed by atoms with van der Waals surface area (Å²) < 4.78 is 30.1. The highest BCUT2D eigenvalue weighted by atomic mass is 32.2. The van der Waals surface area contributed by atoms with E-state index in [2.05, 4.69) is 15.6 Å². The molecule has 1 aromatic heterocycles. The van der Waals surface area contributed by atoms with Gasteiger partial charge in [-0.1, -0.05) is 63.2 Å². The van der Waals surface area contributed by atoms with Crippen molar-refractivity contribution in [3.8, 4) is 11.4 Å². The lowest BCUT2D eigenvalue weighted by atomic mass is 9.86. The lowest BCUT2D eigenvalue weighted by molar-refractivity contribution is -0.382. The monoisotopic (exact) mass is 539 g/mol. The van der Waals surface area contributed by atoms with Gasteiger partial charge in [0.25, 0.3) is 11.6 Å². The fourth-order valence-corrected chi connectivity index (χ4v) is 6.00. The van der Waals surface area contributed by atoms with Gasteiger partial charge in [-0.05, 0) is 11.5 Å². The Morgan fingerprint density at radius 2 is 1.68 bits per heavy atom. The zero-order valence-electron chi connectivity index (χ0n) is 21.7. The van der Waals surface area contributed by atoms with Crippen LogP contribution in [0.2, 0.25) is 0 Å². The smallest absolute Gasteiger partial charge is 0.273 e. The highest BCUT2D eigenvalue weighted by Crippen LogP contribution is 2.31. The SMILES string of the molecule is CNC(=O)[C@@H](NC(=O)c1nc(-c2ccccc2)n2c1CN(S(=O)(=O)c1ccccc1[NH+]=O)CC2)C(C)(C)C. The Labute approximate surface area is 221 Å². The average Bonchev–Trinajstić information content (AvgIpc) is 3.30. The summed E-state index contributed by atoms with van der Waals surface area (Å²) in [6.45, 7) is 5.72. The summed E-state index contributed by atoms with van der Waals surface area (Å²) >= 11 is 0. The number of sulfonamides is 1. The zero-order valence-corrected chi connectivity index (χ0v) is 22.5. The molecule has 2 heterocycles. The molecule has 3 aromatic rings. The van der Waals surface area contributed by atoms with Crippen LogP contribution in [0.15, 0.2) is 59.5 Å². The number of rotatable bonds is 7. The van der Waals surface area contributed by atoms with Crippen LogP contribution >= 0.6 is 0 Å². The molecule has 2 aromatic carbocycles. The number of carbonyl (C=O) groups is 2. The second kappa shape index (κ2) is 10.5. The molecule has 0 radical (unpaired) electrons. The molecule has 1 atom stereocenters. The van der Waals surface area contributed by atoms with Crippen LogP contribution in [0.3, 0.4) is 0 Å². The molecule has 0 saturated carbocycles. The van der Waals surface area contributed by atoms with Crippen molar-refractivity contribution < 1.29 is 23.2 Å².